The van der Waals surface area contributed by atoms with Crippen molar-refractivity contribution in [1.29, 1.82) is 0 Å². The van der Waals surface area contributed by atoms with Crippen LogP contribution in [-0.4, -0.2) is 0 Å². The van der Waals surface area contributed by atoms with E-state index in [9.17, 15) is 4.39 Å². The predicted molar refractivity (Wildman–Crippen MR) is 72.8 cm³/mol. The number of alkyl halides is 1. The van der Waals surface area contributed by atoms with Crippen LogP contribution in [0.3, 0.4) is 0 Å². The summed E-state index contributed by atoms with van der Waals surface area (Å²) in [7, 11) is 0. The van der Waals surface area contributed by atoms with Gasteiger partial charge in [-0.05, 0) is 41.8 Å². The first-order chi connectivity index (χ1) is 8.15. The van der Waals surface area contributed by atoms with Crippen molar-refractivity contribution in [3.63, 3.8) is 0 Å². The second kappa shape index (κ2) is 5.65. The summed E-state index contributed by atoms with van der Waals surface area (Å²) in [6, 6.07) is 14.4. The molecule has 1 atom stereocenters. The fraction of sp³-hybridized carbons (Fsp3) is 0.143. The Morgan fingerprint density at radius 1 is 1.12 bits per heavy atom. The highest BCUT2D eigenvalue weighted by molar-refractivity contribution is 9.10. The molecule has 0 aliphatic rings. The van der Waals surface area contributed by atoms with Crippen molar-refractivity contribution in [3.05, 3.63) is 69.9 Å². The maximum atomic E-state index is 13.1. The van der Waals surface area contributed by atoms with Crippen LogP contribution in [0.25, 0.3) is 0 Å². The first-order valence-corrected chi connectivity index (χ1v) is 6.52. The van der Waals surface area contributed by atoms with Gasteiger partial charge in [-0.15, -0.1) is 11.6 Å². The lowest BCUT2D eigenvalue weighted by Gasteiger charge is -2.10. The molecule has 0 spiro atoms. The van der Waals surface area contributed by atoms with Gasteiger partial charge in [0.05, 0.1) is 5.38 Å². The van der Waals surface area contributed by atoms with Gasteiger partial charge in [-0.1, -0.05) is 40.2 Å². The average molecular weight is 314 g/mol. The number of hydrogen-bond acceptors (Lipinski definition) is 0. The van der Waals surface area contributed by atoms with E-state index in [-0.39, 0.29) is 11.2 Å². The fourth-order valence-corrected chi connectivity index (χ4v) is 2.45. The Kier molecular flexibility index (Phi) is 4.19. The molecule has 0 fully saturated rings. The maximum Gasteiger partial charge on any atom is 0.123 e. The lowest BCUT2D eigenvalue weighted by molar-refractivity contribution is 0.624. The molecule has 17 heavy (non-hydrogen) atoms. The Bertz CT molecular complexity index is 513. The van der Waals surface area contributed by atoms with E-state index < -0.39 is 0 Å². The SMILES string of the molecule is Fc1cccc(C(Cl)Cc2cccc(Br)c2)c1. The van der Waals surface area contributed by atoms with Gasteiger partial charge in [0, 0.05) is 4.47 Å². The summed E-state index contributed by atoms with van der Waals surface area (Å²) < 4.78 is 14.1. The van der Waals surface area contributed by atoms with Gasteiger partial charge in [0.15, 0.2) is 0 Å². The second-order valence-electron chi connectivity index (χ2n) is 3.86. The Labute approximate surface area is 114 Å². The van der Waals surface area contributed by atoms with E-state index in [1.54, 1.807) is 6.07 Å². The van der Waals surface area contributed by atoms with Crippen molar-refractivity contribution in [2.24, 2.45) is 0 Å². The molecule has 0 aromatic heterocycles. The third-order valence-electron chi connectivity index (χ3n) is 2.51. The smallest absolute Gasteiger partial charge is 0.123 e. The molecule has 0 heterocycles. The number of benzene rings is 2. The maximum absolute atomic E-state index is 13.1. The topological polar surface area (TPSA) is 0 Å². The molecule has 0 nitrogen and oxygen atoms in total. The lowest BCUT2D eigenvalue weighted by Crippen LogP contribution is -1.96. The van der Waals surface area contributed by atoms with Gasteiger partial charge in [0.1, 0.15) is 5.82 Å². The molecule has 2 rings (SSSR count). The highest BCUT2D eigenvalue weighted by atomic mass is 79.9. The van der Waals surface area contributed by atoms with Crippen molar-refractivity contribution < 1.29 is 4.39 Å². The van der Waals surface area contributed by atoms with Gasteiger partial charge in [0.25, 0.3) is 0 Å². The predicted octanol–water partition coefficient (Wildman–Crippen LogP) is 5.11. The van der Waals surface area contributed by atoms with Crippen LogP contribution in [0, 0.1) is 5.82 Å². The molecule has 0 N–H and O–H groups in total. The molecule has 0 aliphatic carbocycles. The van der Waals surface area contributed by atoms with Crippen LogP contribution in [0.5, 0.6) is 0 Å². The standard InChI is InChI=1S/C14H11BrClF/c15-12-5-1-3-10(7-12)8-14(16)11-4-2-6-13(17)9-11/h1-7,9,14H,8H2. The minimum Gasteiger partial charge on any atom is -0.207 e. The van der Waals surface area contributed by atoms with E-state index in [4.69, 9.17) is 11.6 Å². The number of halogens is 3. The Hall–Kier alpha value is -0.860. The van der Waals surface area contributed by atoms with Crippen LogP contribution in [-0.2, 0) is 6.42 Å². The van der Waals surface area contributed by atoms with E-state index in [1.807, 2.05) is 30.3 Å². The minimum absolute atomic E-state index is 0.208. The molecule has 0 saturated carbocycles. The molecule has 0 amide bonds. The fourth-order valence-electron chi connectivity index (χ4n) is 1.69. The summed E-state index contributed by atoms with van der Waals surface area (Å²) >= 11 is 9.70. The highest BCUT2D eigenvalue weighted by Crippen LogP contribution is 2.26. The first kappa shape index (κ1) is 12.6. The van der Waals surface area contributed by atoms with Crippen molar-refractivity contribution in [3.8, 4) is 0 Å². The van der Waals surface area contributed by atoms with Crippen molar-refractivity contribution in [1.82, 2.24) is 0 Å². The Morgan fingerprint density at radius 2 is 1.88 bits per heavy atom. The molecule has 0 aliphatic heterocycles. The summed E-state index contributed by atoms with van der Waals surface area (Å²) in [5.74, 6) is -0.248. The molecule has 2 aromatic rings. The van der Waals surface area contributed by atoms with Gasteiger partial charge in [-0.2, -0.15) is 0 Å². The average Bonchev–Trinajstić information content (AvgIpc) is 2.29. The molecular weight excluding hydrogens is 303 g/mol. The van der Waals surface area contributed by atoms with Gasteiger partial charge >= 0.3 is 0 Å². The third-order valence-corrected chi connectivity index (χ3v) is 3.41. The van der Waals surface area contributed by atoms with Crippen molar-refractivity contribution in [2.45, 2.75) is 11.8 Å². The van der Waals surface area contributed by atoms with Gasteiger partial charge in [-0.25, -0.2) is 4.39 Å². The third kappa shape index (κ3) is 3.55. The van der Waals surface area contributed by atoms with E-state index in [0.717, 1.165) is 15.6 Å². The molecule has 3 heteroatoms. The molecule has 0 bridgehead atoms. The minimum atomic E-state index is -0.248. The summed E-state index contributed by atoms with van der Waals surface area (Å²) in [6.45, 7) is 0. The van der Waals surface area contributed by atoms with Crippen LogP contribution in [0.15, 0.2) is 53.0 Å². The number of rotatable bonds is 3. The molecular formula is C14H11BrClF. The van der Waals surface area contributed by atoms with Crippen LogP contribution in [0.1, 0.15) is 16.5 Å². The van der Waals surface area contributed by atoms with Gasteiger partial charge < -0.3 is 0 Å². The number of hydrogen-bond donors (Lipinski definition) is 0. The first-order valence-electron chi connectivity index (χ1n) is 5.29. The van der Waals surface area contributed by atoms with Crippen LogP contribution in [0.4, 0.5) is 4.39 Å². The Balaban J connectivity index is 2.14. The zero-order chi connectivity index (χ0) is 12.3. The van der Waals surface area contributed by atoms with Crippen molar-refractivity contribution in [2.75, 3.05) is 0 Å². The van der Waals surface area contributed by atoms with E-state index in [2.05, 4.69) is 15.9 Å². The van der Waals surface area contributed by atoms with Crippen LogP contribution >= 0.6 is 27.5 Å². The monoisotopic (exact) mass is 312 g/mol. The molecule has 0 radical (unpaired) electrons. The van der Waals surface area contributed by atoms with Gasteiger partial charge in [-0.3, -0.25) is 0 Å². The summed E-state index contributed by atoms with van der Waals surface area (Å²) in [4.78, 5) is 0. The Morgan fingerprint density at radius 3 is 2.59 bits per heavy atom. The van der Waals surface area contributed by atoms with E-state index in [1.165, 1.54) is 12.1 Å². The van der Waals surface area contributed by atoms with Crippen LogP contribution < -0.4 is 0 Å². The quantitative estimate of drug-likeness (QED) is 0.691. The van der Waals surface area contributed by atoms with E-state index >= 15 is 0 Å². The second-order valence-corrected chi connectivity index (χ2v) is 5.30. The van der Waals surface area contributed by atoms with E-state index in [0.29, 0.717) is 6.42 Å². The normalized spacial score (nSPS) is 12.4. The van der Waals surface area contributed by atoms with Gasteiger partial charge in [0.2, 0.25) is 0 Å². The molecule has 1 unspecified atom stereocenters. The highest BCUT2D eigenvalue weighted by Gasteiger charge is 2.09. The molecule has 88 valence electrons. The summed E-state index contributed by atoms with van der Waals surface area (Å²) in [5.41, 5.74) is 1.94. The molecule has 0 saturated heterocycles. The lowest BCUT2D eigenvalue weighted by atomic mass is 10.0. The van der Waals surface area contributed by atoms with Crippen LogP contribution in [0.2, 0.25) is 0 Å². The molecule has 2 aromatic carbocycles. The largest absolute Gasteiger partial charge is 0.207 e. The zero-order valence-electron chi connectivity index (χ0n) is 9.04. The zero-order valence-corrected chi connectivity index (χ0v) is 11.4. The summed E-state index contributed by atoms with van der Waals surface area (Å²) in [5, 5.41) is -0.208. The van der Waals surface area contributed by atoms with Crippen molar-refractivity contribution >= 4 is 27.5 Å². The summed E-state index contributed by atoms with van der Waals surface area (Å²) in [6.07, 6.45) is 0.685.